The van der Waals surface area contributed by atoms with E-state index in [-0.39, 0.29) is 0 Å². The first-order valence-corrected chi connectivity index (χ1v) is 7.27. The highest BCUT2D eigenvalue weighted by atomic mass is 32.1. The summed E-state index contributed by atoms with van der Waals surface area (Å²) >= 11 is 1.74. The number of hydrogen-bond donors (Lipinski definition) is 1. The van der Waals surface area contributed by atoms with E-state index < -0.39 is 0 Å². The lowest BCUT2D eigenvalue weighted by Gasteiger charge is -2.16. The molecule has 0 saturated heterocycles. The lowest BCUT2D eigenvalue weighted by Crippen LogP contribution is -2.31. The topological polar surface area (TPSA) is 37.8 Å². The summed E-state index contributed by atoms with van der Waals surface area (Å²) in [6.07, 6.45) is 8.85. The Kier molecular flexibility index (Phi) is 5.30. The van der Waals surface area contributed by atoms with Crippen LogP contribution in [-0.2, 0) is 12.8 Å². The summed E-state index contributed by atoms with van der Waals surface area (Å²) in [7, 11) is 0. The van der Waals surface area contributed by atoms with Crippen LogP contribution in [-0.4, -0.2) is 22.6 Å². The van der Waals surface area contributed by atoms with Crippen molar-refractivity contribution in [1.29, 1.82) is 0 Å². The maximum Gasteiger partial charge on any atom is 0.0940 e. The van der Waals surface area contributed by atoms with Crippen LogP contribution in [0.15, 0.2) is 36.1 Å². The maximum absolute atomic E-state index is 4.36. The third-order valence-electron chi connectivity index (χ3n) is 2.93. The van der Waals surface area contributed by atoms with Gasteiger partial charge in [0.15, 0.2) is 0 Å². The predicted molar refractivity (Wildman–Crippen MR) is 75.8 cm³/mol. The van der Waals surface area contributed by atoms with Crippen molar-refractivity contribution in [1.82, 2.24) is 15.3 Å². The second-order valence-electron chi connectivity index (χ2n) is 4.28. The zero-order valence-electron chi connectivity index (χ0n) is 10.7. The van der Waals surface area contributed by atoms with Gasteiger partial charge in [0.2, 0.25) is 0 Å². The van der Waals surface area contributed by atoms with Gasteiger partial charge in [-0.15, -0.1) is 11.3 Å². The molecule has 0 fully saturated rings. The molecule has 0 aliphatic heterocycles. The van der Waals surface area contributed by atoms with Crippen molar-refractivity contribution in [3.8, 4) is 0 Å². The molecule has 2 aromatic rings. The molecule has 4 heteroatoms. The first-order valence-electron chi connectivity index (χ1n) is 6.39. The fourth-order valence-corrected chi connectivity index (χ4v) is 2.72. The van der Waals surface area contributed by atoms with E-state index in [1.165, 1.54) is 10.6 Å². The number of aryl methyl sites for hydroxylation is 1. The predicted octanol–water partition coefficient (Wildman–Crippen LogP) is 2.69. The van der Waals surface area contributed by atoms with Gasteiger partial charge < -0.3 is 5.32 Å². The average molecular weight is 261 g/mol. The zero-order chi connectivity index (χ0) is 12.6. The Morgan fingerprint density at radius 1 is 1.28 bits per heavy atom. The second-order valence-corrected chi connectivity index (χ2v) is 5.26. The van der Waals surface area contributed by atoms with Crippen LogP contribution in [0.4, 0.5) is 0 Å². The molecular formula is C14H19N3S. The lowest BCUT2D eigenvalue weighted by atomic mass is 10.0. The molecule has 0 saturated carbocycles. The van der Waals surface area contributed by atoms with Crippen molar-refractivity contribution in [2.24, 2.45) is 0 Å². The van der Waals surface area contributed by atoms with Crippen LogP contribution in [0.25, 0.3) is 0 Å². The summed E-state index contributed by atoms with van der Waals surface area (Å²) in [5.41, 5.74) is 1.35. The summed E-state index contributed by atoms with van der Waals surface area (Å²) in [4.78, 5) is 8.41. The van der Waals surface area contributed by atoms with Gasteiger partial charge in [0.25, 0.3) is 0 Å². The minimum Gasteiger partial charge on any atom is -0.314 e. The summed E-state index contributed by atoms with van der Waals surface area (Å²) in [6.45, 7) is 3.16. The van der Waals surface area contributed by atoms with Crippen LogP contribution >= 0.6 is 11.3 Å². The third kappa shape index (κ3) is 4.20. The molecular weight excluding hydrogens is 242 g/mol. The van der Waals surface area contributed by atoms with Crippen LogP contribution in [0.1, 0.15) is 23.9 Å². The number of aromatic nitrogens is 2. The average Bonchev–Trinajstić information content (AvgIpc) is 2.90. The van der Waals surface area contributed by atoms with Crippen LogP contribution in [0.2, 0.25) is 0 Å². The first kappa shape index (κ1) is 13.2. The zero-order valence-corrected chi connectivity index (χ0v) is 11.5. The van der Waals surface area contributed by atoms with Crippen molar-refractivity contribution >= 4 is 11.3 Å². The summed E-state index contributed by atoms with van der Waals surface area (Å²) in [6, 6.07) is 4.69. The van der Waals surface area contributed by atoms with Gasteiger partial charge >= 0.3 is 0 Å². The number of hydrogen-bond acceptors (Lipinski definition) is 4. The van der Waals surface area contributed by atoms with Crippen molar-refractivity contribution in [3.05, 3.63) is 46.7 Å². The molecule has 2 rings (SSSR count). The minimum absolute atomic E-state index is 0.509. The van der Waals surface area contributed by atoms with Crippen molar-refractivity contribution in [2.75, 3.05) is 6.54 Å². The van der Waals surface area contributed by atoms with E-state index in [1.807, 2.05) is 24.0 Å². The van der Waals surface area contributed by atoms with Crippen molar-refractivity contribution in [3.63, 3.8) is 0 Å². The van der Waals surface area contributed by atoms with E-state index in [9.17, 15) is 0 Å². The molecule has 0 aliphatic carbocycles. The molecule has 2 aromatic heterocycles. The molecule has 1 unspecified atom stereocenters. The van der Waals surface area contributed by atoms with E-state index in [2.05, 4.69) is 34.3 Å². The summed E-state index contributed by atoms with van der Waals surface area (Å²) in [5.74, 6) is 0. The normalized spacial score (nSPS) is 12.5. The Labute approximate surface area is 112 Å². The van der Waals surface area contributed by atoms with E-state index >= 15 is 0 Å². The molecule has 0 aliphatic rings. The molecule has 0 amide bonds. The van der Waals surface area contributed by atoms with Crippen LogP contribution < -0.4 is 5.32 Å². The highest BCUT2D eigenvalue weighted by molar-refractivity contribution is 7.09. The SMILES string of the molecule is CCNC(CCc1ccncc1)Cc1nccs1. The van der Waals surface area contributed by atoms with Gasteiger partial charge in [-0.1, -0.05) is 6.92 Å². The Morgan fingerprint density at radius 3 is 2.78 bits per heavy atom. The quantitative estimate of drug-likeness (QED) is 0.832. The highest BCUT2D eigenvalue weighted by Crippen LogP contribution is 2.11. The second kappa shape index (κ2) is 7.24. The maximum atomic E-state index is 4.36. The molecule has 0 bridgehead atoms. The fourth-order valence-electron chi connectivity index (χ4n) is 2.02. The van der Waals surface area contributed by atoms with Crippen LogP contribution in [0.3, 0.4) is 0 Å². The van der Waals surface area contributed by atoms with Gasteiger partial charge in [-0.05, 0) is 37.1 Å². The minimum atomic E-state index is 0.509. The van der Waals surface area contributed by atoms with Crippen molar-refractivity contribution in [2.45, 2.75) is 32.2 Å². The van der Waals surface area contributed by atoms with E-state index in [0.717, 1.165) is 25.8 Å². The number of nitrogens with zero attached hydrogens (tertiary/aromatic N) is 2. The Bertz CT molecular complexity index is 428. The van der Waals surface area contributed by atoms with Crippen LogP contribution in [0.5, 0.6) is 0 Å². The fraction of sp³-hybridized carbons (Fsp3) is 0.429. The molecule has 18 heavy (non-hydrogen) atoms. The van der Waals surface area contributed by atoms with Gasteiger partial charge in [-0.3, -0.25) is 4.98 Å². The van der Waals surface area contributed by atoms with Crippen LogP contribution in [0, 0.1) is 0 Å². The van der Waals surface area contributed by atoms with Gasteiger partial charge in [0.05, 0.1) is 5.01 Å². The number of thiazole rings is 1. The van der Waals surface area contributed by atoms with Gasteiger partial charge in [0.1, 0.15) is 0 Å². The summed E-state index contributed by atoms with van der Waals surface area (Å²) < 4.78 is 0. The lowest BCUT2D eigenvalue weighted by molar-refractivity contribution is 0.490. The molecule has 0 radical (unpaired) electrons. The van der Waals surface area contributed by atoms with E-state index in [0.29, 0.717) is 6.04 Å². The van der Waals surface area contributed by atoms with Gasteiger partial charge in [-0.2, -0.15) is 0 Å². The Balaban J connectivity index is 1.86. The largest absolute Gasteiger partial charge is 0.314 e. The van der Waals surface area contributed by atoms with Gasteiger partial charge in [0, 0.05) is 36.4 Å². The molecule has 2 heterocycles. The Hall–Kier alpha value is -1.26. The number of nitrogens with one attached hydrogen (secondary N) is 1. The number of likely N-dealkylation sites (N-methyl/N-ethyl adjacent to an activating group) is 1. The number of rotatable bonds is 7. The molecule has 1 atom stereocenters. The third-order valence-corrected chi connectivity index (χ3v) is 3.73. The Morgan fingerprint density at radius 2 is 2.11 bits per heavy atom. The smallest absolute Gasteiger partial charge is 0.0940 e. The molecule has 1 N–H and O–H groups in total. The highest BCUT2D eigenvalue weighted by Gasteiger charge is 2.10. The summed E-state index contributed by atoms with van der Waals surface area (Å²) in [5, 5.41) is 6.80. The molecule has 3 nitrogen and oxygen atoms in total. The molecule has 0 spiro atoms. The number of pyridine rings is 1. The molecule has 0 aromatic carbocycles. The standard InChI is InChI=1S/C14H19N3S/c1-2-16-13(11-14-17-9-10-18-14)4-3-12-5-7-15-8-6-12/h5-10,13,16H,2-4,11H2,1H3. The van der Waals surface area contributed by atoms with Gasteiger partial charge in [-0.25, -0.2) is 4.98 Å². The molecule has 96 valence electrons. The first-order chi connectivity index (χ1) is 8.88. The van der Waals surface area contributed by atoms with Crippen molar-refractivity contribution < 1.29 is 0 Å². The van der Waals surface area contributed by atoms with E-state index in [4.69, 9.17) is 0 Å². The van der Waals surface area contributed by atoms with E-state index in [1.54, 1.807) is 11.3 Å². The monoisotopic (exact) mass is 261 g/mol.